The molecule has 0 saturated carbocycles. The van der Waals surface area contributed by atoms with Crippen molar-refractivity contribution in [1.82, 2.24) is 0 Å². The molecule has 0 spiro atoms. The van der Waals surface area contributed by atoms with Gasteiger partial charge in [-0.05, 0) is 42.0 Å². The van der Waals surface area contributed by atoms with Crippen molar-refractivity contribution in [3.05, 3.63) is 54.1 Å². The number of hydrogen-bond donors (Lipinski definition) is 1. The SMILES string of the molecule is CCS(=O)(=O)c1ccc(N(C)Cc2ccc(N)cc2)cc1. The zero-order valence-electron chi connectivity index (χ0n) is 12.3. The maximum absolute atomic E-state index is 11.8. The maximum atomic E-state index is 11.8. The molecule has 2 aromatic carbocycles. The third-order valence-electron chi connectivity index (χ3n) is 3.42. The summed E-state index contributed by atoms with van der Waals surface area (Å²) in [5.74, 6) is 0.119. The molecule has 2 aromatic rings. The average Bonchev–Trinajstić information content (AvgIpc) is 2.49. The smallest absolute Gasteiger partial charge is 0.178 e. The van der Waals surface area contributed by atoms with Gasteiger partial charge in [-0.25, -0.2) is 8.42 Å². The lowest BCUT2D eigenvalue weighted by Gasteiger charge is -2.19. The molecular formula is C16H20N2O2S. The molecule has 4 nitrogen and oxygen atoms in total. The second-order valence-electron chi connectivity index (χ2n) is 4.99. The Morgan fingerprint density at radius 3 is 2.10 bits per heavy atom. The van der Waals surface area contributed by atoms with E-state index in [1.54, 1.807) is 19.1 Å². The van der Waals surface area contributed by atoms with Crippen molar-refractivity contribution in [2.75, 3.05) is 23.4 Å². The van der Waals surface area contributed by atoms with E-state index in [1.807, 2.05) is 43.4 Å². The van der Waals surface area contributed by atoms with Crippen molar-refractivity contribution in [2.45, 2.75) is 18.4 Å². The Bertz CT molecular complexity index is 692. The molecule has 0 saturated heterocycles. The molecule has 5 heteroatoms. The highest BCUT2D eigenvalue weighted by Gasteiger charge is 2.11. The summed E-state index contributed by atoms with van der Waals surface area (Å²) in [5.41, 5.74) is 8.54. The summed E-state index contributed by atoms with van der Waals surface area (Å²) >= 11 is 0. The Morgan fingerprint density at radius 1 is 1.00 bits per heavy atom. The van der Waals surface area contributed by atoms with Crippen LogP contribution < -0.4 is 10.6 Å². The lowest BCUT2D eigenvalue weighted by atomic mass is 10.2. The van der Waals surface area contributed by atoms with E-state index in [4.69, 9.17) is 5.73 Å². The van der Waals surface area contributed by atoms with Crippen LogP contribution in [0.15, 0.2) is 53.4 Å². The monoisotopic (exact) mass is 304 g/mol. The van der Waals surface area contributed by atoms with Crippen molar-refractivity contribution in [3.63, 3.8) is 0 Å². The third-order valence-corrected chi connectivity index (χ3v) is 5.17. The minimum atomic E-state index is -3.14. The topological polar surface area (TPSA) is 63.4 Å². The molecule has 0 bridgehead atoms. The summed E-state index contributed by atoms with van der Waals surface area (Å²) in [7, 11) is -1.16. The van der Waals surface area contributed by atoms with Crippen molar-refractivity contribution < 1.29 is 8.42 Å². The lowest BCUT2D eigenvalue weighted by Crippen LogP contribution is -2.16. The van der Waals surface area contributed by atoms with Gasteiger partial charge in [-0.3, -0.25) is 0 Å². The van der Waals surface area contributed by atoms with E-state index in [9.17, 15) is 8.42 Å². The van der Waals surface area contributed by atoms with Crippen molar-refractivity contribution >= 4 is 21.2 Å². The highest BCUT2D eigenvalue weighted by Crippen LogP contribution is 2.19. The normalized spacial score (nSPS) is 11.3. The summed E-state index contributed by atoms with van der Waals surface area (Å²) < 4.78 is 23.6. The predicted molar refractivity (Wildman–Crippen MR) is 87.1 cm³/mol. The molecule has 0 fully saturated rings. The van der Waals surface area contributed by atoms with E-state index in [-0.39, 0.29) is 5.75 Å². The van der Waals surface area contributed by atoms with E-state index in [0.717, 1.165) is 23.5 Å². The fraction of sp³-hybridized carbons (Fsp3) is 0.250. The van der Waals surface area contributed by atoms with E-state index in [1.165, 1.54) is 0 Å². The number of sulfone groups is 1. The van der Waals surface area contributed by atoms with Crippen LogP contribution in [-0.4, -0.2) is 21.2 Å². The molecule has 0 heterocycles. The quantitative estimate of drug-likeness (QED) is 0.863. The number of anilines is 2. The Labute approximate surface area is 126 Å². The van der Waals surface area contributed by atoms with Crippen molar-refractivity contribution in [2.24, 2.45) is 0 Å². The molecule has 0 unspecified atom stereocenters. The molecular weight excluding hydrogens is 284 g/mol. The first-order valence-electron chi connectivity index (χ1n) is 6.81. The molecule has 2 N–H and O–H groups in total. The second-order valence-corrected chi connectivity index (χ2v) is 7.27. The molecule has 112 valence electrons. The second kappa shape index (κ2) is 6.18. The molecule has 0 aromatic heterocycles. The molecule has 21 heavy (non-hydrogen) atoms. The fourth-order valence-corrected chi connectivity index (χ4v) is 2.95. The van der Waals surface area contributed by atoms with Crippen LogP contribution in [0, 0.1) is 0 Å². The molecule has 2 rings (SSSR count). The van der Waals surface area contributed by atoms with Crippen LogP contribution in [0.3, 0.4) is 0 Å². The summed E-state index contributed by atoms with van der Waals surface area (Å²) in [6.45, 7) is 2.39. The van der Waals surface area contributed by atoms with Crippen LogP contribution in [0.25, 0.3) is 0 Å². The van der Waals surface area contributed by atoms with Gasteiger partial charge in [-0.15, -0.1) is 0 Å². The van der Waals surface area contributed by atoms with Crippen molar-refractivity contribution in [3.8, 4) is 0 Å². The van der Waals surface area contributed by atoms with Gasteiger partial charge in [0.05, 0.1) is 10.6 Å². The lowest BCUT2D eigenvalue weighted by molar-refractivity contribution is 0.597. The molecule has 0 atom stereocenters. The van der Waals surface area contributed by atoms with E-state index in [2.05, 4.69) is 4.90 Å². The Morgan fingerprint density at radius 2 is 1.57 bits per heavy atom. The largest absolute Gasteiger partial charge is 0.399 e. The number of nitrogens with two attached hydrogens (primary N) is 1. The van der Waals surface area contributed by atoms with Gasteiger partial charge >= 0.3 is 0 Å². The summed E-state index contributed by atoms with van der Waals surface area (Å²) in [4.78, 5) is 2.43. The first-order valence-corrected chi connectivity index (χ1v) is 8.46. The molecule has 0 aliphatic rings. The van der Waals surface area contributed by atoms with Crippen LogP contribution in [0.2, 0.25) is 0 Å². The van der Waals surface area contributed by atoms with Gasteiger partial charge in [0.15, 0.2) is 9.84 Å². The Hall–Kier alpha value is -2.01. The van der Waals surface area contributed by atoms with Gasteiger partial charge in [0.1, 0.15) is 0 Å². The number of benzene rings is 2. The van der Waals surface area contributed by atoms with Crippen LogP contribution in [0.1, 0.15) is 12.5 Å². The number of nitrogens with zero attached hydrogens (tertiary/aromatic N) is 1. The van der Waals surface area contributed by atoms with E-state index >= 15 is 0 Å². The zero-order chi connectivity index (χ0) is 15.5. The van der Waals surface area contributed by atoms with Crippen LogP contribution in [0.4, 0.5) is 11.4 Å². The fourth-order valence-electron chi connectivity index (χ4n) is 2.06. The average molecular weight is 304 g/mol. The highest BCUT2D eigenvalue weighted by atomic mass is 32.2. The van der Waals surface area contributed by atoms with Crippen LogP contribution in [0.5, 0.6) is 0 Å². The summed E-state index contributed by atoms with van der Waals surface area (Å²) in [6.07, 6.45) is 0. The number of hydrogen-bond acceptors (Lipinski definition) is 4. The van der Waals surface area contributed by atoms with Gasteiger partial charge in [0.25, 0.3) is 0 Å². The first-order chi connectivity index (χ1) is 9.92. The third kappa shape index (κ3) is 3.76. The predicted octanol–water partition coefficient (Wildman–Crippen LogP) is 2.70. The van der Waals surface area contributed by atoms with Crippen LogP contribution in [-0.2, 0) is 16.4 Å². The van der Waals surface area contributed by atoms with E-state index < -0.39 is 9.84 Å². The van der Waals surface area contributed by atoms with Crippen LogP contribution >= 0.6 is 0 Å². The minimum absolute atomic E-state index is 0.119. The molecule has 0 amide bonds. The number of nitrogen functional groups attached to an aromatic ring is 1. The Balaban J connectivity index is 2.13. The van der Waals surface area contributed by atoms with Gasteiger partial charge in [0, 0.05) is 25.0 Å². The highest BCUT2D eigenvalue weighted by molar-refractivity contribution is 7.91. The van der Waals surface area contributed by atoms with Gasteiger partial charge in [0.2, 0.25) is 0 Å². The van der Waals surface area contributed by atoms with Gasteiger partial charge in [-0.1, -0.05) is 19.1 Å². The molecule has 0 radical (unpaired) electrons. The molecule has 0 aliphatic carbocycles. The van der Waals surface area contributed by atoms with Crippen molar-refractivity contribution in [1.29, 1.82) is 0 Å². The number of rotatable bonds is 5. The summed E-state index contributed by atoms with van der Waals surface area (Å²) in [5, 5.41) is 0. The molecule has 0 aliphatic heterocycles. The summed E-state index contributed by atoms with van der Waals surface area (Å²) in [6, 6.07) is 14.7. The maximum Gasteiger partial charge on any atom is 0.178 e. The zero-order valence-corrected chi connectivity index (χ0v) is 13.1. The first kappa shape index (κ1) is 15.4. The van der Waals surface area contributed by atoms with Gasteiger partial charge < -0.3 is 10.6 Å². The minimum Gasteiger partial charge on any atom is -0.399 e. The van der Waals surface area contributed by atoms with Gasteiger partial charge in [-0.2, -0.15) is 0 Å². The standard InChI is InChI=1S/C16H20N2O2S/c1-3-21(19,20)16-10-8-15(9-11-16)18(2)12-13-4-6-14(17)7-5-13/h4-11H,3,12,17H2,1-2H3. The van der Waals surface area contributed by atoms with E-state index in [0.29, 0.717) is 4.90 Å². The Kier molecular flexibility index (Phi) is 4.53.